The maximum Gasteiger partial charge on any atom is 0.142 e. The van der Waals surface area contributed by atoms with Crippen LogP contribution in [-0.2, 0) is 11.9 Å². The molecule has 0 N–H and O–H groups in total. The molecule has 0 saturated heterocycles. The summed E-state index contributed by atoms with van der Waals surface area (Å²) in [5.41, 5.74) is 4.74. The summed E-state index contributed by atoms with van der Waals surface area (Å²) in [6.07, 6.45) is 0. The molecule has 0 bridgehead atoms. The SMILES string of the molecule is Cc1ccc(C)c(COc2c(Cl)cccc2CBr)c1. The van der Waals surface area contributed by atoms with Crippen LogP contribution in [0.3, 0.4) is 0 Å². The van der Waals surface area contributed by atoms with Gasteiger partial charge in [-0.25, -0.2) is 0 Å². The van der Waals surface area contributed by atoms with Crippen molar-refractivity contribution in [2.24, 2.45) is 0 Å². The molecular formula is C16H16BrClO. The number of rotatable bonds is 4. The van der Waals surface area contributed by atoms with E-state index in [0.29, 0.717) is 11.6 Å². The molecule has 0 aliphatic rings. The molecule has 0 aliphatic heterocycles. The fraction of sp³-hybridized carbons (Fsp3) is 0.250. The molecule has 2 rings (SSSR count). The monoisotopic (exact) mass is 338 g/mol. The molecule has 0 saturated carbocycles. The van der Waals surface area contributed by atoms with Crippen LogP contribution in [-0.4, -0.2) is 0 Å². The van der Waals surface area contributed by atoms with E-state index in [4.69, 9.17) is 16.3 Å². The van der Waals surface area contributed by atoms with Gasteiger partial charge in [0.15, 0.2) is 0 Å². The van der Waals surface area contributed by atoms with Gasteiger partial charge in [0.05, 0.1) is 5.02 Å². The molecule has 0 unspecified atom stereocenters. The molecule has 2 aromatic carbocycles. The molecule has 3 heteroatoms. The summed E-state index contributed by atoms with van der Waals surface area (Å²) in [6, 6.07) is 12.2. The first kappa shape index (κ1) is 14.4. The fourth-order valence-electron chi connectivity index (χ4n) is 1.93. The number of hydrogen-bond donors (Lipinski definition) is 0. The van der Waals surface area contributed by atoms with Crippen LogP contribution < -0.4 is 4.74 Å². The molecule has 0 heterocycles. The van der Waals surface area contributed by atoms with Crippen molar-refractivity contribution in [3.63, 3.8) is 0 Å². The first-order valence-electron chi connectivity index (χ1n) is 6.14. The Hall–Kier alpha value is -0.990. The second-order valence-electron chi connectivity index (χ2n) is 4.58. The van der Waals surface area contributed by atoms with Crippen LogP contribution in [0.15, 0.2) is 36.4 Å². The first-order chi connectivity index (χ1) is 9.11. The molecule has 0 radical (unpaired) electrons. The van der Waals surface area contributed by atoms with E-state index in [1.807, 2.05) is 18.2 Å². The van der Waals surface area contributed by atoms with Gasteiger partial charge in [0.2, 0.25) is 0 Å². The van der Waals surface area contributed by atoms with E-state index in [9.17, 15) is 0 Å². The van der Waals surface area contributed by atoms with Gasteiger partial charge in [0.25, 0.3) is 0 Å². The van der Waals surface area contributed by atoms with Crippen LogP contribution in [0.2, 0.25) is 5.02 Å². The van der Waals surface area contributed by atoms with Crippen LogP contribution in [0.1, 0.15) is 22.3 Å². The molecule has 1 nitrogen and oxygen atoms in total. The summed E-state index contributed by atoms with van der Waals surface area (Å²) >= 11 is 9.66. The van der Waals surface area contributed by atoms with Crippen molar-refractivity contribution in [1.29, 1.82) is 0 Å². The van der Waals surface area contributed by atoms with Crippen molar-refractivity contribution in [1.82, 2.24) is 0 Å². The Labute approximate surface area is 127 Å². The maximum absolute atomic E-state index is 6.20. The van der Waals surface area contributed by atoms with Crippen LogP contribution in [0.5, 0.6) is 5.75 Å². The van der Waals surface area contributed by atoms with Crippen molar-refractivity contribution in [3.8, 4) is 5.75 Å². The third-order valence-electron chi connectivity index (χ3n) is 3.07. The first-order valence-corrected chi connectivity index (χ1v) is 7.64. The van der Waals surface area contributed by atoms with Gasteiger partial charge in [0, 0.05) is 10.9 Å². The third kappa shape index (κ3) is 3.52. The third-order valence-corrected chi connectivity index (χ3v) is 3.97. The fourth-order valence-corrected chi connectivity index (χ4v) is 2.62. The van der Waals surface area contributed by atoms with E-state index >= 15 is 0 Å². The van der Waals surface area contributed by atoms with Crippen LogP contribution in [0, 0.1) is 13.8 Å². The number of para-hydroxylation sites is 1. The summed E-state index contributed by atoms with van der Waals surface area (Å²) in [5.74, 6) is 0.766. The van der Waals surface area contributed by atoms with Crippen LogP contribution in [0.4, 0.5) is 0 Å². The zero-order chi connectivity index (χ0) is 13.8. The Morgan fingerprint density at radius 1 is 1.11 bits per heavy atom. The Bertz CT molecular complexity index is 581. The van der Waals surface area contributed by atoms with E-state index in [1.165, 1.54) is 16.7 Å². The highest BCUT2D eigenvalue weighted by molar-refractivity contribution is 9.08. The van der Waals surface area contributed by atoms with Gasteiger partial charge < -0.3 is 4.74 Å². The second-order valence-corrected chi connectivity index (χ2v) is 5.55. The van der Waals surface area contributed by atoms with Gasteiger partial charge in [-0.3, -0.25) is 0 Å². The maximum atomic E-state index is 6.20. The summed E-state index contributed by atoms with van der Waals surface area (Å²) in [7, 11) is 0. The minimum absolute atomic E-state index is 0.539. The topological polar surface area (TPSA) is 9.23 Å². The number of hydrogen-bond acceptors (Lipinski definition) is 1. The minimum atomic E-state index is 0.539. The molecule has 0 spiro atoms. The van der Waals surface area contributed by atoms with Crippen molar-refractivity contribution < 1.29 is 4.74 Å². The molecule has 0 aromatic heterocycles. The summed E-state index contributed by atoms with van der Waals surface area (Å²) in [5, 5.41) is 1.39. The van der Waals surface area contributed by atoms with E-state index in [-0.39, 0.29) is 0 Å². The predicted octanol–water partition coefficient (Wildman–Crippen LogP) is 5.43. The number of halogens is 2. The lowest BCUT2D eigenvalue weighted by atomic mass is 10.1. The van der Waals surface area contributed by atoms with Gasteiger partial charge >= 0.3 is 0 Å². The standard InChI is InChI=1S/C16H16BrClO/c1-11-6-7-12(2)14(8-11)10-19-16-13(9-17)4-3-5-15(16)18/h3-8H,9-10H2,1-2H3. The van der Waals surface area contributed by atoms with Crippen molar-refractivity contribution in [3.05, 3.63) is 63.7 Å². The van der Waals surface area contributed by atoms with Gasteiger partial charge in [-0.1, -0.05) is 63.4 Å². The largest absolute Gasteiger partial charge is 0.487 e. The summed E-state index contributed by atoms with van der Waals surface area (Å²) in [4.78, 5) is 0. The highest BCUT2D eigenvalue weighted by Crippen LogP contribution is 2.31. The lowest BCUT2D eigenvalue weighted by Gasteiger charge is -2.13. The zero-order valence-electron chi connectivity index (χ0n) is 11.0. The number of ether oxygens (including phenoxy) is 1. The molecule has 0 aliphatic carbocycles. The molecule has 2 aromatic rings. The van der Waals surface area contributed by atoms with Crippen LogP contribution in [0.25, 0.3) is 0 Å². The summed E-state index contributed by atoms with van der Waals surface area (Å²) < 4.78 is 5.92. The van der Waals surface area contributed by atoms with E-state index in [1.54, 1.807) is 0 Å². The van der Waals surface area contributed by atoms with Crippen molar-refractivity contribution >= 4 is 27.5 Å². The number of aryl methyl sites for hydroxylation is 2. The number of benzene rings is 2. The van der Waals surface area contributed by atoms with E-state index < -0.39 is 0 Å². The molecule has 0 fully saturated rings. The lowest BCUT2D eigenvalue weighted by molar-refractivity contribution is 0.303. The van der Waals surface area contributed by atoms with E-state index in [2.05, 4.69) is 48.0 Å². The van der Waals surface area contributed by atoms with Gasteiger partial charge in [0.1, 0.15) is 12.4 Å². The smallest absolute Gasteiger partial charge is 0.142 e. The van der Waals surface area contributed by atoms with Crippen molar-refractivity contribution in [2.45, 2.75) is 25.8 Å². The molecule has 19 heavy (non-hydrogen) atoms. The highest BCUT2D eigenvalue weighted by atomic mass is 79.9. The molecule has 0 amide bonds. The van der Waals surface area contributed by atoms with Gasteiger partial charge in [-0.05, 0) is 31.0 Å². The Kier molecular flexibility index (Phi) is 4.89. The molecular weight excluding hydrogens is 324 g/mol. The average molecular weight is 340 g/mol. The Morgan fingerprint density at radius 2 is 1.89 bits per heavy atom. The average Bonchev–Trinajstić information content (AvgIpc) is 2.40. The predicted molar refractivity (Wildman–Crippen MR) is 84.3 cm³/mol. The Morgan fingerprint density at radius 3 is 2.63 bits per heavy atom. The Balaban J connectivity index is 2.21. The summed E-state index contributed by atoms with van der Waals surface area (Å²) in [6.45, 7) is 4.72. The molecule has 0 atom stereocenters. The van der Waals surface area contributed by atoms with Gasteiger partial charge in [-0.2, -0.15) is 0 Å². The molecule has 100 valence electrons. The highest BCUT2D eigenvalue weighted by Gasteiger charge is 2.08. The van der Waals surface area contributed by atoms with E-state index in [0.717, 1.165) is 16.6 Å². The second kappa shape index (κ2) is 6.44. The number of alkyl halides is 1. The van der Waals surface area contributed by atoms with Crippen molar-refractivity contribution in [2.75, 3.05) is 0 Å². The van der Waals surface area contributed by atoms with Gasteiger partial charge in [-0.15, -0.1) is 0 Å². The lowest BCUT2D eigenvalue weighted by Crippen LogP contribution is -2.01. The minimum Gasteiger partial charge on any atom is -0.487 e. The van der Waals surface area contributed by atoms with Crippen LogP contribution >= 0.6 is 27.5 Å². The normalized spacial score (nSPS) is 10.5. The zero-order valence-corrected chi connectivity index (χ0v) is 13.4. The quantitative estimate of drug-likeness (QED) is 0.675.